The maximum Gasteiger partial charge on any atom is 0.148 e. The van der Waals surface area contributed by atoms with Crippen molar-refractivity contribution >= 4 is 54.5 Å². The fraction of sp³-hybridized carbons (Fsp3) is 0.333. The summed E-state index contributed by atoms with van der Waals surface area (Å²) < 4.78 is 15.3. The van der Waals surface area contributed by atoms with E-state index in [1.807, 2.05) is 19.9 Å². The predicted molar refractivity (Wildman–Crippen MR) is 122 cm³/mol. The Kier molecular flexibility index (Phi) is 7.13. The van der Waals surface area contributed by atoms with E-state index in [2.05, 4.69) is 26.7 Å². The van der Waals surface area contributed by atoms with Crippen LogP contribution in [0.15, 0.2) is 36.0 Å². The van der Waals surface area contributed by atoms with Crippen LogP contribution in [0.1, 0.15) is 37.5 Å². The van der Waals surface area contributed by atoms with E-state index in [-0.39, 0.29) is 11.3 Å². The van der Waals surface area contributed by atoms with Crippen molar-refractivity contribution in [2.24, 2.45) is 0 Å². The van der Waals surface area contributed by atoms with Crippen LogP contribution in [-0.2, 0) is 0 Å². The summed E-state index contributed by atoms with van der Waals surface area (Å²) in [5.41, 5.74) is 3.88. The molecule has 4 N–H and O–H groups in total. The monoisotopic (exact) mass is 432 g/mol. The first kappa shape index (κ1) is 21.6. The van der Waals surface area contributed by atoms with Gasteiger partial charge < -0.3 is 16.1 Å². The molecule has 0 spiro atoms. The lowest BCUT2D eigenvalue weighted by atomic mass is 9.98. The zero-order valence-electron chi connectivity index (χ0n) is 16.5. The van der Waals surface area contributed by atoms with Crippen LogP contribution >= 0.6 is 22.7 Å². The molecule has 0 saturated carbocycles. The molecule has 1 aromatic carbocycles. The number of piperidine rings is 1. The largest absolute Gasteiger partial charge is 0.412 e. The Morgan fingerprint density at radius 3 is 2.83 bits per heavy atom. The fourth-order valence-corrected chi connectivity index (χ4v) is 5.33. The third kappa shape index (κ3) is 4.40. The highest BCUT2D eigenvalue weighted by atomic mass is 32.1. The van der Waals surface area contributed by atoms with Crippen LogP contribution in [0.25, 0.3) is 20.4 Å². The Bertz CT molecular complexity index is 1090. The molecule has 4 aromatic rings. The molecule has 0 bridgehead atoms. The van der Waals surface area contributed by atoms with Gasteiger partial charge in [0.15, 0.2) is 0 Å². The molecule has 8 heteroatoms. The highest BCUT2D eigenvalue weighted by molar-refractivity contribution is 7.18. The van der Waals surface area contributed by atoms with Crippen LogP contribution in [0.4, 0.5) is 15.8 Å². The van der Waals surface area contributed by atoms with Crippen LogP contribution in [0.2, 0.25) is 0 Å². The number of halogens is 1. The van der Waals surface area contributed by atoms with E-state index >= 15 is 0 Å². The molecule has 1 unspecified atom stereocenters. The van der Waals surface area contributed by atoms with Crippen LogP contribution in [0.5, 0.6) is 0 Å². The highest BCUT2D eigenvalue weighted by Gasteiger charge is 2.19. The maximum absolute atomic E-state index is 14.5. The number of pyridine rings is 1. The zero-order valence-corrected chi connectivity index (χ0v) is 18.1. The molecule has 1 fully saturated rings. The van der Waals surface area contributed by atoms with Gasteiger partial charge in [-0.25, -0.2) is 14.4 Å². The van der Waals surface area contributed by atoms with Crippen molar-refractivity contribution in [1.82, 2.24) is 15.3 Å². The molecule has 154 valence electrons. The number of nitrogens with one attached hydrogen (secondary N) is 2. The molecule has 0 radical (unpaired) electrons. The lowest BCUT2D eigenvalue weighted by molar-refractivity contribution is 0.466. The molecule has 29 heavy (non-hydrogen) atoms. The van der Waals surface area contributed by atoms with Gasteiger partial charge in [0.25, 0.3) is 0 Å². The van der Waals surface area contributed by atoms with E-state index in [0.29, 0.717) is 11.6 Å². The first-order valence-electron chi connectivity index (χ1n) is 9.67. The summed E-state index contributed by atoms with van der Waals surface area (Å²) in [5.74, 6) is 0.275. The SMILES string of the molecule is CC.Fc1cc2scnc2cc1Nc1ccnc2sc(C3CCCNC3)cc12.O. The van der Waals surface area contributed by atoms with E-state index in [4.69, 9.17) is 0 Å². The minimum absolute atomic E-state index is 0. The minimum Gasteiger partial charge on any atom is -0.412 e. The molecule has 3 aromatic heterocycles. The van der Waals surface area contributed by atoms with Crippen molar-refractivity contribution < 1.29 is 9.87 Å². The summed E-state index contributed by atoms with van der Waals surface area (Å²) in [6.45, 7) is 6.12. The van der Waals surface area contributed by atoms with E-state index in [1.54, 1.807) is 35.2 Å². The topological polar surface area (TPSA) is 81.3 Å². The Morgan fingerprint density at radius 1 is 1.17 bits per heavy atom. The Hall–Kier alpha value is -2.13. The van der Waals surface area contributed by atoms with Gasteiger partial charge in [0.2, 0.25) is 0 Å². The van der Waals surface area contributed by atoms with Crippen molar-refractivity contribution in [2.45, 2.75) is 32.6 Å². The molecule has 4 heterocycles. The molecule has 1 saturated heterocycles. The molecule has 0 aliphatic carbocycles. The third-order valence-corrected chi connectivity index (χ3v) is 6.84. The third-order valence-electron chi connectivity index (χ3n) is 4.84. The quantitative estimate of drug-likeness (QED) is 0.451. The number of aromatic nitrogens is 2. The smallest absolute Gasteiger partial charge is 0.148 e. The number of hydrogen-bond donors (Lipinski definition) is 2. The van der Waals surface area contributed by atoms with Crippen LogP contribution in [0.3, 0.4) is 0 Å². The molecular formula is C21H25FN4OS2. The highest BCUT2D eigenvalue weighted by Crippen LogP contribution is 2.37. The van der Waals surface area contributed by atoms with Crippen LogP contribution in [0, 0.1) is 5.82 Å². The van der Waals surface area contributed by atoms with Gasteiger partial charge in [-0.3, -0.25) is 0 Å². The summed E-state index contributed by atoms with van der Waals surface area (Å²) in [4.78, 5) is 11.1. The molecule has 1 aliphatic rings. The minimum atomic E-state index is -0.265. The predicted octanol–water partition coefficient (Wildman–Crippen LogP) is 5.46. The van der Waals surface area contributed by atoms with Crippen molar-refractivity contribution in [2.75, 3.05) is 18.4 Å². The van der Waals surface area contributed by atoms with Gasteiger partial charge in [-0.2, -0.15) is 0 Å². The molecule has 1 aliphatic heterocycles. The van der Waals surface area contributed by atoms with Crippen molar-refractivity contribution in [1.29, 1.82) is 0 Å². The average Bonchev–Trinajstić information content (AvgIpc) is 3.37. The Morgan fingerprint density at radius 2 is 2.03 bits per heavy atom. The number of benzene rings is 1. The second kappa shape index (κ2) is 9.58. The fourth-order valence-electron chi connectivity index (χ4n) is 3.48. The van der Waals surface area contributed by atoms with Crippen molar-refractivity contribution in [3.8, 4) is 0 Å². The molecule has 5 rings (SSSR count). The molecule has 0 amide bonds. The van der Waals surface area contributed by atoms with Gasteiger partial charge in [0.1, 0.15) is 10.6 Å². The lowest BCUT2D eigenvalue weighted by Crippen LogP contribution is -2.27. The number of nitrogens with zero attached hydrogens (tertiary/aromatic N) is 2. The summed E-state index contributed by atoms with van der Waals surface area (Å²) in [6.07, 6.45) is 4.19. The molecular weight excluding hydrogens is 407 g/mol. The van der Waals surface area contributed by atoms with Gasteiger partial charge in [0.05, 0.1) is 27.1 Å². The van der Waals surface area contributed by atoms with Crippen molar-refractivity contribution in [3.05, 3.63) is 46.7 Å². The summed E-state index contributed by atoms with van der Waals surface area (Å²) in [6, 6.07) is 7.43. The summed E-state index contributed by atoms with van der Waals surface area (Å²) >= 11 is 3.19. The van der Waals surface area contributed by atoms with Gasteiger partial charge in [-0.1, -0.05) is 13.8 Å². The number of thiazole rings is 1. The summed E-state index contributed by atoms with van der Waals surface area (Å²) in [7, 11) is 0. The first-order valence-corrected chi connectivity index (χ1v) is 11.4. The van der Waals surface area contributed by atoms with E-state index in [0.717, 1.165) is 39.2 Å². The lowest BCUT2D eigenvalue weighted by Gasteiger charge is -2.21. The zero-order chi connectivity index (χ0) is 19.5. The average molecular weight is 433 g/mol. The maximum atomic E-state index is 14.5. The summed E-state index contributed by atoms with van der Waals surface area (Å²) in [5, 5.41) is 7.77. The van der Waals surface area contributed by atoms with Gasteiger partial charge in [0, 0.05) is 28.9 Å². The van der Waals surface area contributed by atoms with E-state index < -0.39 is 0 Å². The van der Waals surface area contributed by atoms with E-state index in [1.165, 1.54) is 29.1 Å². The molecule has 5 nitrogen and oxygen atoms in total. The van der Waals surface area contributed by atoms with Gasteiger partial charge in [-0.05, 0) is 43.7 Å². The Labute approximate surface area is 177 Å². The Balaban J connectivity index is 0.000000778. The van der Waals surface area contributed by atoms with E-state index in [9.17, 15) is 4.39 Å². The van der Waals surface area contributed by atoms with Crippen LogP contribution < -0.4 is 10.6 Å². The number of rotatable bonds is 3. The number of hydrogen-bond acceptors (Lipinski definition) is 6. The van der Waals surface area contributed by atoms with Gasteiger partial charge >= 0.3 is 0 Å². The number of fused-ring (bicyclic) bond motifs is 2. The van der Waals surface area contributed by atoms with Crippen LogP contribution in [-0.4, -0.2) is 28.5 Å². The van der Waals surface area contributed by atoms with Gasteiger partial charge in [-0.15, -0.1) is 22.7 Å². The number of thiophene rings is 1. The second-order valence-corrected chi connectivity index (χ2v) is 8.50. The standard InChI is InChI=1S/C19H17FN4S2.C2H6.H2O/c20-13-7-18-16(23-10-25-18)8-15(13)24-14-3-5-22-19-12(14)6-17(26-19)11-2-1-4-21-9-11;1-2;/h3,5-8,10-11,21H,1-2,4,9H2,(H,22,24);1-2H3;1H2. The first-order chi connectivity index (χ1) is 13.8. The molecule has 1 atom stereocenters. The normalized spacial score (nSPS) is 16.2. The van der Waals surface area contributed by atoms with Crippen molar-refractivity contribution in [3.63, 3.8) is 0 Å². The second-order valence-electron chi connectivity index (χ2n) is 6.55. The number of anilines is 2.